The highest BCUT2D eigenvalue weighted by atomic mass is 32.2. The number of rotatable bonds is 3. The van der Waals surface area contributed by atoms with Crippen LogP contribution in [-0.2, 0) is 4.74 Å². The SMILES string of the molecule is CCC1CN(c2nc(C(=O)OC)c(C)s2)CCS1. The number of carbonyl (C=O) groups excluding carboxylic acids is 1. The smallest absolute Gasteiger partial charge is 0.357 e. The third-order valence-electron chi connectivity index (χ3n) is 3.03. The highest BCUT2D eigenvalue weighted by molar-refractivity contribution is 8.00. The Balaban J connectivity index is 2.16. The second kappa shape index (κ2) is 5.93. The largest absolute Gasteiger partial charge is 0.464 e. The minimum Gasteiger partial charge on any atom is -0.464 e. The number of aromatic nitrogens is 1. The van der Waals surface area contributed by atoms with Crippen molar-refractivity contribution in [3.8, 4) is 0 Å². The molecule has 0 radical (unpaired) electrons. The summed E-state index contributed by atoms with van der Waals surface area (Å²) < 4.78 is 4.74. The summed E-state index contributed by atoms with van der Waals surface area (Å²) >= 11 is 3.61. The van der Waals surface area contributed by atoms with Gasteiger partial charge in [0.15, 0.2) is 10.8 Å². The fourth-order valence-corrected chi connectivity index (χ4v) is 4.06. The van der Waals surface area contributed by atoms with Crippen LogP contribution < -0.4 is 4.90 Å². The maximum Gasteiger partial charge on any atom is 0.357 e. The van der Waals surface area contributed by atoms with E-state index in [9.17, 15) is 4.79 Å². The van der Waals surface area contributed by atoms with Crippen molar-refractivity contribution < 1.29 is 9.53 Å². The first-order chi connectivity index (χ1) is 8.65. The van der Waals surface area contributed by atoms with Gasteiger partial charge in [-0.05, 0) is 13.3 Å². The fraction of sp³-hybridized carbons (Fsp3) is 0.667. The van der Waals surface area contributed by atoms with Gasteiger partial charge in [-0.1, -0.05) is 6.92 Å². The van der Waals surface area contributed by atoms with Gasteiger partial charge in [0.1, 0.15) is 0 Å². The Labute approximate surface area is 116 Å². The topological polar surface area (TPSA) is 42.4 Å². The normalized spacial score (nSPS) is 19.9. The molecule has 0 spiro atoms. The number of anilines is 1. The molecule has 1 aromatic rings. The first kappa shape index (κ1) is 13.7. The van der Waals surface area contributed by atoms with Crippen LogP contribution in [0.2, 0.25) is 0 Å². The number of thioether (sulfide) groups is 1. The third-order valence-corrected chi connectivity index (χ3v) is 5.43. The quantitative estimate of drug-likeness (QED) is 0.799. The standard InChI is InChI=1S/C12H18N2O2S2/c1-4-9-7-14(5-6-17-9)12-13-10(8(2)18-12)11(15)16-3/h9H,4-7H2,1-3H3. The van der Waals surface area contributed by atoms with E-state index in [-0.39, 0.29) is 5.97 Å². The van der Waals surface area contributed by atoms with Crippen LogP contribution >= 0.6 is 23.1 Å². The zero-order valence-electron chi connectivity index (χ0n) is 10.9. The Kier molecular flexibility index (Phi) is 4.50. The van der Waals surface area contributed by atoms with Gasteiger partial charge in [-0.2, -0.15) is 11.8 Å². The zero-order chi connectivity index (χ0) is 13.1. The van der Waals surface area contributed by atoms with Gasteiger partial charge in [0.2, 0.25) is 0 Å². The van der Waals surface area contributed by atoms with Crippen LogP contribution in [0.25, 0.3) is 0 Å². The predicted molar refractivity (Wildman–Crippen MR) is 76.9 cm³/mol. The summed E-state index contributed by atoms with van der Waals surface area (Å²) in [5.74, 6) is 0.790. The molecular weight excluding hydrogens is 268 g/mol. The number of thiazole rings is 1. The zero-order valence-corrected chi connectivity index (χ0v) is 12.6. The van der Waals surface area contributed by atoms with Crippen molar-refractivity contribution in [3.05, 3.63) is 10.6 Å². The fourth-order valence-electron chi connectivity index (χ4n) is 1.94. The molecule has 4 nitrogen and oxygen atoms in total. The van der Waals surface area contributed by atoms with E-state index >= 15 is 0 Å². The molecule has 1 saturated heterocycles. The van der Waals surface area contributed by atoms with Crippen LogP contribution in [0.4, 0.5) is 5.13 Å². The highest BCUT2D eigenvalue weighted by Crippen LogP contribution is 2.30. The first-order valence-electron chi connectivity index (χ1n) is 6.08. The van der Waals surface area contributed by atoms with Crippen LogP contribution in [0.1, 0.15) is 28.7 Å². The maximum atomic E-state index is 11.6. The van der Waals surface area contributed by atoms with Crippen LogP contribution in [-0.4, -0.2) is 42.2 Å². The third kappa shape index (κ3) is 2.80. The van der Waals surface area contributed by atoms with Crippen molar-refractivity contribution in [1.82, 2.24) is 4.98 Å². The monoisotopic (exact) mass is 286 g/mol. The lowest BCUT2D eigenvalue weighted by molar-refractivity contribution is 0.0594. The molecule has 0 N–H and O–H groups in total. The molecule has 1 aliphatic rings. The van der Waals surface area contributed by atoms with Crippen molar-refractivity contribution in [3.63, 3.8) is 0 Å². The number of aryl methyl sites for hydroxylation is 1. The lowest BCUT2D eigenvalue weighted by atomic mass is 10.3. The molecule has 1 aliphatic heterocycles. The van der Waals surface area contributed by atoms with Gasteiger partial charge in [0.05, 0.1) is 7.11 Å². The Hall–Kier alpha value is -0.750. The molecule has 18 heavy (non-hydrogen) atoms. The van der Waals surface area contributed by atoms with E-state index in [1.807, 2.05) is 18.7 Å². The van der Waals surface area contributed by atoms with Gasteiger partial charge in [-0.25, -0.2) is 9.78 Å². The summed E-state index contributed by atoms with van der Waals surface area (Å²) in [6.07, 6.45) is 1.18. The van der Waals surface area contributed by atoms with Gasteiger partial charge in [0.25, 0.3) is 0 Å². The van der Waals surface area contributed by atoms with E-state index in [0.717, 1.165) is 28.9 Å². The Morgan fingerprint density at radius 3 is 3.06 bits per heavy atom. The molecule has 1 unspecified atom stereocenters. The summed E-state index contributed by atoms with van der Waals surface area (Å²) in [6.45, 7) is 6.17. The van der Waals surface area contributed by atoms with E-state index in [1.165, 1.54) is 13.5 Å². The summed E-state index contributed by atoms with van der Waals surface area (Å²) in [5.41, 5.74) is 0.462. The van der Waals surface area contributed by atoms with Crippen molar-refractivity contribution in [2.24, 2.45) is 0 Å². The molecule has 0 saturated carbocycles. The number of nitrogens with zero attached hydrogens (tertiary/aromatic N) is 2. The molecule has 0 aliphatic carbocycles. The van der Waals surface area contributed by atoms with Crippen molar-refractivity contribution in [1.29, 1.82) is 0 Å². The molecule has 6 heteroatoms. The molecule has 2 rings (SSSR count). The maximum absolute atomic E-state index is 11.6. The van der Waals surface area contributed by atoms with Gasteiger partial charge in [-0.3, -0.25) is 0 Å². The van der Waals surface area contributed by atoms with Crippen LogP contribution in [0.5, 0.6) is 0 Å². The molecule has 1 aromatic heterocycles. The Morgan fingerprint density at radius 1 is 1.61 bits per heavy atom. The van der Waals surface area contributed by atoms with Gasteiger partial charge < -0.3 is 9.64 Å². The minimum atomic E-state index is -0.339. The van der Waals surface area contributed by atoms with E-state index in [0.29, 0.717) is 10.9 Å². The molecule has 0 amide bonds. The van der Waals surface area contributed by atoms with E-state index in [4.69, 9.17) is 4.74 Å². The number of esters is 1. The van der Waals surface area contributed by atoms with Crippen LogP contribution in [0.3, 0.4) is 0 Å². The Bertz CT molecular complexity index is 434. The van der Waals surface area contributed by atoms with Gasteiger partial charge in [-0.15, -0.1) is 11.3 Å². The second-order valence-corrected chi connectivity index (χ2v) is 6.83. The summed E-state index contributed by atoms with van der Waals surface area (Å²) in [5, 5.41) is 1.62. The molecule has 1 fully saturated rings. The average Bonchev–Trinajstić information content (AvgIpc) is 2.80. The predicted octanol–water partition coefficient (Wildman–Crippen LogP) is 2.57. The second-order valence-electron chi connectivity index (χ2n) is 4.24. The van der Waals surface area contributed by atoms with Gasteiger partial charge >= 0.3 is 5.97 Å². The number of ether oxygens (including phenoxy) is 1. The van der Waals surface area contributed by atoms with Crippen molar-refractivity contribution in [2.75, 3.05) is 30.9 Å². The van der Waals surface area contributed by atoms with Crippen LogP contribution in [0, 0.1) is 6.92 Å². The Morgan fingerprint density at radius 2 is 2.39 bits per heavy atom. The molecule has 2 heterocycles. The molecule has 100 valence electrons. The molecule has 0 bridgehead atoms. The average molecular weight is 286 g/mol. The molecule has 1 atom stereocenters. The summed E-state index contributed by atoms with van der Waals surface area (Å²) in [4.78, 5) is 19.2. The highest BCUT2D eigenvalue weighted by Gasteiger charge is 2.24. The lowest BCUT2D eigenvalue weighted by Gasteiger charge is -2.31. The number of hydrogen-bond acceptors (Lipinski definition) is 6. The van der Waals surface area contributed by atoms with Crippen molar-refractivity contribution in [2.45, 2.75) is 25.5 Å². The summed E-state index contributed by atoms with van der Waals surface area (Å²) in [6, 6.07) is 0. The minimum absolute atomic E-state index is 0.339. The van der Waals surface area contributed by atoms with E-state index in [1.54, 1.807) is 11.3 Å². The number of hydrogen-bond donors (Lipinski definition) is 0. The lowest BCUT2D eigenvalue weighted by Crippen LogP contribution is -2.37. The van der Waals surface area contributed by atoms with Crippen LogP contribution in [0.15, 0.2) is 0 Å². The van der Waals surface area contributed by atoms with E-state index < -0.39 is 0 Å². The molecule has 0 aromatic carbocycles. The van der Waals surface area contributed by atoms with Gasteiger partial charge in [0, 0.05) is 29.0 Å². The van der Waals surface area contributed by atoms with Crippen molar-refractivity contribution >= 4 is 34.2 Å². The number of carbonyl (C=O) groups is 1. The first-order valence-corrected chi connectivity index (χ1v) is 7.94. The van der Waals surface area contributed by atoms with E-state index in [2.05, 4.69) is 16.8 Å². The summed E-state index contributed by atoms with van der Waals surface area (Å²) in [7, 11) is 1.39. The number of methoxy groups -OCH3 is 1. The molecular formula is C12H18N2O2S2.